The quantitative estimate of drug-likeness (QED) is 0.569. The van der Waals surface area contributed by atoms with Crippen LogP contribution in [0.5, 0.6) is 0 Å². The van der Waals surface area contributed by atoms with E-state index in [1.165, 1.54) is 0 Å². The van der Waals surface area contributed by atoms with Crippen LogP contribution in [0.25, 0.3) is 0 Å². The standard InChI is InChI=1S/C12H21N5O2/c1-2-13-8-11-16-17-12(19-11)14-7-3-4-10(18)15-9-5-6-9/h9,13H,2-8H2,1H3,(H,14,17)(H,15,18). The Morgan fingerprint density at radius 2 is 2.26 bits per heavy atom. The predicted octanol–water partition coefficient (Wildman–Crippen LogP) is 0.650. The van der Waals surface area contributed by atoms with Crippen molar-refractivity contribution in [2.45, 2.75) is 45.2 Å². The first kappa shape index (κ1) is 13.8. The second-order valence-corrected chi connectivity index (χ2v) is 4.65. The second kappa shape index (κ2) is 7.08. The van der Waals surface area contributed by atoms with Gasteiger partial charge in [0.2, 0.25) is 11.8 Å². The number of nitrogens with one attached hydrogen (secondary N) is 3. The molecule has 1 amide bonds. The van der Waals surface area contributed by atoms with Gasteiger partial charge in [0.15, 0.2) is 0 Å². The smallest absolute Gasteiger partial charge is 0.315 e. The number of rotatable bonds is 9. The minimum atomic E-state index is 0.127. The number of hydrogen-bond acceptors (Lipinski definition) is 6. The lowest BCUT2D eigenvalue weighted by Crippen LogP contribution is -2.25. The lowest BCUT2D eigenvalue weighted by Gasteiger charge is -2.03. The van der Waals surface area contributed by atoms with E-state index in [1.54, 1.807) is 0 Å². The van der Waals surface area contributed by atoms with E-state index >= 15 is 0 Å². The number of carbonyl (C=O) groups is 1. The van der Waals surface area contributed by atoms with Crippen molar-refractivity contribution in [1.29, 1.82) is 0 Å². The van der Waals surface area contributed by atoms with Crippen LogP contribution in [0.4, 0.5) is 6.01 Å². The highest BCUT2D eigenvalue weighted by Gasteiger charge is 2.22. The molecule has 1 aliphatic rings. The molecule has 106 valence electrons. The van der Waals surface area contributed by atoms with Crippen molar-refractivity contribution in [3.05, 3.63) is 5.89 Å². The number of aromatic nitrogens is 2. The van der Waals surface area contributed by atoms with Gasteiger partial charge in [-0.05, 0) is 25.8 Å². The van der Waals surface area contributed by atoms with Crippen molar-refractivity contribution in [3.8, 4) is 0 Å². The Morgan fingerprint density at radius 3 is 3.00 bits per heavy atom. The maximum absolute atomic E-state index is 11.4. The summed E-state index contributed by atoms with van der Waals surface area (Å²) in [4.78, 5) is 11.4. The summed E-state index contributed by atoms with van der Waals surface area (Å²) in [5.41, 5.74) is 0. The molecule has 1 aliphatic carbocycles. The molecule has 0 unspecified atom stereocenters. The van der Waals surface area contributed by atoms with Gasteiger partial charge >= 0.3 is 6.01 Å². The molecule has 1 heterocycles. The van der Waals surface area contributed by atoms with Crippen molar-refractivity contribution in [2.24, 2.45) is 0 Å². The molecule has 1 aromatic heterocycles. The van der Waals surface area contributed by atoms with Crippen molar-refractivity contribution >= 4 is 11.9 Å². The second-order valence-electron chi connectivity index (χ2n) is 4.65. The van der Waals surface area contributed by atoms with Crippen LogP contribution >= 0.6 is 0 Å². The highest BCUT2D eigenvalue weighted by atomic mass is 16.4. The Labute approximate surface area is 112 Å². The fraction of sp³-hybridized carbons (Fsp3) is 0.750. The van der Waals surface area contributed by atoms with E-state index in [1.807, 2.05) is 6.92 Å². The van der Waals surface area contributed by atoms with Crippen LogP contribution in [0.3, 0.4) is 0 Å². The fourth-order valence-electron chi connectivity index (χ4n) is 1.60. The molecule has 0 radical (unpaired) electrons. The third-order valence-corrected chi connectivity index (χ3v) is 2.79. The molecular formula is C12H21N5O2. The zero-order valence-electron chi connectivity index (χ0n) is 11.2. The first-order chi connectivity index (χ1) is 9.28. The molecule has 1 saturated carbocycles. The van der Waals surface area contributed by atoms with E-state index in [9.17, 15) is 4.79 Å². The summed E-state index contributed by atoms with van der Waals surface area (Å²) < 4.78 is 5.37. The lowest BCUT2D eigenvalue weighted by molar-refractivity contribution is -0.121. The number of anilines is 1. The maximum Gasteiger partial charge on any atom is 0.315 e. The fourth-order valence-corrected chi connectivity index (χ4v) is 1.60. The van der Waals surface area contributed by atoms with E-state index in [2.05, 4.69) is 26.1 Å². The summed E-state index contributed by atoms with van der Waals surface area (Å²) in [5, 5.41) is 16.8. The van der Waals surface area contributed by atoms with Crippen LogP contribution in [-0.2, 0) is 11.3 Å². The van der Waals surface area contributed by atoms with Crippen LogP contribution in [0.2, 0.25) is 0 Å². The summed E-state index contributed by atoms with van der Waals surface area (Å²) in [6, 6.07) is 0.848. The minimum Gasteiger partial charge on any atom is -0.407 e. The van der Waals surface area contributed by atoms with Gasteiger partial charge < -0.3 is 20.4 Å². The van der Waals surface area contributed by atoms with Gasteiger partial charge in [-0.2, -0.15) is 0 Å². The van der Waals surface area contributed by atoms with E-state index < -0.39 is 0 Å². The molecule has 19 heavy (non-hydrogen) atoms. The molecule has 0 bridgehead atoms. The van der Waals surface area contributed by atoms with Gasteiger partial charge in [0.05, 0.1) is 6.54 Å². The summed E-state index contributed by atoms with van der Waals surface area (Å²) in [6.07, 6.45) is 3.53. The normalized spacial score (nSPS) is 14.4. The van der Waals surface area contributed by atoms with Crippen molar-refractivity contribution in [3.63, 3.8) is 0 Å². The third kappa shape index (κ3) is 5.25. The number of carbonyl (C=O) groups excluding carboxylic acids is 1. The van der Waals surface area contributed by atoms with Crippen molar-refractivity contribution in [2.75, 3.05) is 18.4 Å². The van der Waals surface area contributed by atoms with Crippen LogP contribution in [0.15, 0.2) is 4.42 Å². The molecule has 7 heteroatoms. The van der Waals surface area contributed by atoms with Gasteiger partial charge in [0.1, 0.15) is 0 Å². The Bertz CT molecular complexity index is 403. The Balaban J connectivity index is 1.56. The van der Waals surface area contributed by atoms with E-state index in [-0.39, 0.29) is 5.91 Å². The monoisotopic (exact) mass is 267 g/mol. The molecule has 0 aromatic carbocycles. The average molecular weight is 267 g/mol. The van der Waals surface area contributed by atoms with Gasteiger partial charge in [-0.25, -0.2) is 0 Å². The van der Waals surface area contributed by atoms with Gasteiger partial charge in [-0.1, -0.05) is 12.0 Å². The maximum atomic E-state index is 11.4. The third-order valence-electron chi connectivity index (χ3n) is 2.79. The minimum absolute atomic E-state index is 0.127. The van der Waals surface area contributed by atoms with Crippen molar-refractivity contribution < 1.29 is 9.21 Å². The lowest BCUT2D eigenvalue weighted by atomic mass is 10.3. The van der Waals surface area contributed by atoms with E-state index in [0.29, 0.717) is 37.5 Å². The van der Waals surface area contributed by atoms with Crippen LogP contribution < -0.4 is 16.0 Å². The largest absolute Gasteiger partial charge is 0.407 e. The Kier molecular flexibility index (Phi) is 5.14. The van der Waals surface area contributed by atoms with E-state index in [4.69, 9.17) is 4.42 Å². The zero-order valence-corrected chi connectivity index (χ0v) is 11.2. The molecule has 7 nitrogen and oxygen atoms in total. The Hall–Kier alpha value is -1.63. The summed E-state index contributed by atoms with van der Waals surface area (Å²) in [7, 11) is 0. The first-order valence-corrected chi connectivity index (χ1v) is 6.84. The van der Waals surface area contributed by atoms with Crippen LogP contribution in [0.1, 0.15) is 38.5 Å². The highest BCUT2D eigenvalue weighted by molar-refractivity contribution is 5.76. The van der Waals surface area contributed by atoms with Gasteiger partial charge in [-0.15, -0.1) is 5.10 Å². The summed E-state index contributed by atoms with van der Waals surface area (Å²) in [5.74, 6) is 0.693. The SMILES string of the molecule is CCNCc1nnc(NCCCC(=O)NC2CC2)o1. The highest BCUT2D eigenvalue weighted by Crippen LogP contribution is 2.18. The number of amides is 1. The molecular weight excluding hydrogens is 246 g/mol. The molecule has 0 aliphatic heterocycles. The zero-order chi connectivity index (χ0) is 13.5. The molecule has 0 saturated heterocycles. The first-order valence-electron chi connectivity index (χ1n) is 6.84. The molecule has 1 aromatic rings. The molecule has 1 fully saturated rings. The van der Waals surface area contributed by atoms with Gasteiger partial charge in [0, 0.05) is 19.0 Å². The van der Waals surface area contributed by atoms with Crippen molar-refractivity contribution in [1.82, 2.24) is 20.8 Å². The summed E-state index contributed by atoms with van der Waals surface area (Å²) >= 11 is 0. The molecule has 0 spiro atoms. The topological polar surface area (TPSA) is 92.1 Å². The number of nitrogens with zero attached hydrogens (tertiary/aromatic N) is 2. The molecule has 2 rings (SSSR count). The summed E-state index contributed by atoms with van der Waals surface area (Å²) in [6.45, 7) is 4.11. The van der Waals surface area contributed by atoms with Crippen LogP contribution in [-0.4, -0.2) is 35.2 Å². The molecule has 0 atom stereocenters. The van der Waals surface area contributed by atoms with Gasteiger partial charge in [0.25, 0.3) is 0 Å². The van der Waals surface area contributed by atoms with E-state index in [0.717, 1.165) is 25.8 Å². The average Bonchev–Trinajstić information content (AvgIpc) is 3.09. The molecule has 3 N–H and O–H groups in total. The van der Waals surface area contributed by atoms with Crippen LogP contribution in [0, 0.1) is 0 Å². The Morgan fingerprint density at radius 1 is 1.42 bits per heavy atom. The van der Waals surface area contributed by atoms with Gasteiger partial charge in [-0.3, -0.25) is 4.79 Å². The predicted molar refractivity (Wildman–Crippen MR) is 70.6 cm³/mol. The number of hydrogen-bond donors (Lipinski definition) is 3.